The summed E-state index contributed by atoms with van der Waals surface area (Å²) in [6.07, 6.45) is 1.40. The number of anilines is 1. The number of aromatic nitrogens is 3. The van der Waals surface area contributed by atoms with Crippen LogP contribution in [0.15, 0.2) is 82.9 Å². The van der Waals surface area contributed by atoms with Crippen LogP contribution < -0.4 is 10.1 Å². The highest BCUT2D eigenvalue weighted by atomic mass is 79.9. The fourth-order valence-electron chi connectivity index (χ4n) is 3.39. The minimum absolute atomic E-state index is 0.412. The lowest BCUT2D eigenvalue weighted by molar-refractivity contribution is 0.225. The lowest BCUT2D eigenvalue weighted by Crippen LogP contribution is -2.17. The van der Waals surface area contributed by atoms with Crippen LogP contribution in [0, 0.1) is 0 Å². The Morgan fingerprint density at radius 1 is 1.07 bits per heavy atom. The van der Waals surface area contributed by atoms with Gasteiger partial charge >= 0.3 is 0 Å². The molecule has 1 atom stereocenters. The number of fused-ring (bicyclic) bond motifs is 4. The zero-order valence-electron chi connectivity index (χ0n) is 15.9. The van der Waals surface area contributed by atoms with Gasteiger partial charge in [-0.3, -0.25) is 0 Å². The molecule has 0 bridgehead atoms. The maximum Gasteiger partial charge on any atom is 0.247 e. The summed E-state index contributed by atoms with van der Waals surface area (Å²) in [6.45, 7) is 3.75. The third-order valence-corrected chi connectivity index (χ3v) is 6.12. The Bertz CT molecular complexity index is 1260. The molecule has 0 saturated heterocycles. The summed E-state index contributed by atoms with van der Waals surface area (Å²) >= 11 is 5.02. The van der Waals surface area contributed by atoms with E-state index in [0.717, 1.165) is 26.7 Å². The Labute approximate surface area is 186 Å². The SMILES string of the molecule is C=CCSc1nnc2c(n1)OC(c1ccc3ccccc3c1)Nc1ccc(Br)cc1-2. The first-order valence-corrected chi connectivity index (χ1v) is 11.2. The number of rotatable bonds is 4. The molecule has 1 unspecified atom stereocenters. The third kappa shape index (κ3) is 3.66. The van der Waals surface area contributed by atoms with Crippen LogP contribution in [-0.4, -0.2) is 20.9 Å². The van der Waals surface area contributed by atoms with Crippen molar-refractivity contribution >= 4 is 44.2 Å². The highest BCUT2D eigenvalue weighted by molar-refractivity contribution is 9.10. The second-order valence-corrected chi connectivity index (χ2v) is 8.69. The van der Waals surface area contributed by atoms with Crippen LogP contribution in [0.5, 0.6) is 5.88 Å². The minimum Gasteiger partial charge on any atom is -0.448 e. The fourth-order valence-corrected chi connectivity index (χ4v) is 4.26. The molecule has 5 rings (SSSR count). The van der Waals surface area contributed by atoms with Crippen molar-refractivity contribution in [1.82, 2.24) is 15.2 Å². The molecule has 148 valence electrons. The highest BCUT2D eigenvalue weighted by Crippen LogP contribution is 2.41. The van der Waals surface area contributed by atoms with Crippen LogP contribution in [-0.2, 0) is 0 Å². The molecule has 0 aliphatic carbocycles. The first-order chi connectivity index (χ1) is 14.7. The quantitative estimate of drug-likeness (QED) is 0.278. The number of hydrogen-bond donors (Lipinski definition) is 1. The van der Waals surface area contributed by atoms with Crippen molar-refractivity contribution in [2.24, 2.45) is 0 Å². The average Bonchev–Trinajstić information content (AvgIpc) is 2.93. The van der Waals surface area contributed by atoms with Crippen LogP contribution in [0.4, 0.5) is 5.69 Å². The van der Waals surface area contributed by atoms with Gasteiger partial charge < -0.3 is 10.1 Å². The topological polar surface area (TPSA) is 59.9 Å². The monoisotopic (exact) mass is 476 g/mol. The molecule has 7 heteroatoms. The number of nitrogens with zero attached hydrogens (tertiary/aromatic N) is 3. The van der Waals surface area contributed by atoms with Gasteiger partial charge in [-0.05, 0) is 35.0 Å². The van der Waals surface area contributed by atoms with Gasteiger partial charge in [0.1, 0.15) is 0 Å². The molecule has 0 radical (unpaired) electrons. The molecule has 3 aromatic carbocycles. The van der Waals surface area contributed by atoms with Gasteiger partial charge in [0.2, 0.25) is 11.0 Å². The van der Waals surface area contributed by atoms with Crippen molar-refractivity contribution in [2.75, 3.05) is 11.1 Å². The molecule has 0 saturated carbocycles. The predicted octanol–water partition coefficient (Wildman–Crippen LogP) is 6.24. The molecule has 1 aromatic heterocycles. The molecular weight excluding hydrogens is 460 g/mol. The van der Waals surface area contributed by atoms with E-state index in [2.05, 4.69) is 73.3 Å². The molecule has 0 fully saturated rings. The molecule has 0 amide bonds. The lowest BCUT2D eigenvalue weighted by atomic mass is 10.1. The Balaban J connectivity index is 1.62. The van der Waals surface area contributed by atoms with E-state index in [1.807, 2.05) is 36.4 Å². The van der Waals surface area contributed by atoms with Crippen molar-refractivity contribution in [3.05, 3.63) is 83.4 Å². The molecule has 0 spiro atoms. The van der Waals surface area contributed by atoms with E-state index in [0.29, 0.717) is 22.5 Å². The van der Waals surface area contributed by atoms with Gasteiger partial charge in [0.25, 0.3) is 0 Å². The van der Waals surface area contributed by atoms with Crippen molar-refractivity contribution in [3.63, 3.8) is 0 Å². The average molecular weight is 477 g/mol. The van der Waals surface area contributed by atoms with Crippen molar-refractivity contribution in [2.45, 2.75) is 11.4 Å². The zero-order chi connectivity index (χ0) is 20.5. The minimum atomic E-state index is -0.412. The van der Waals surface area contributed by atoms with Crippen LogP contribution >= 0.6 is 27.7 Å². The molecule has 1 aliphatic heterocycles. The zero-order valence-corrected chi connectivity index (χ0v) is 18.3. The number of benzene rings is 3. The maximum absolute atomic E-state index is 6.36. The summed E-state index contributed by atoms with van der Waals surface area (Å²) in [4.78, 5) is 4.64. The normalized spacial score (nSPS) is 14.8. The predicted molar refractivity (Wildman–Crippen MR) is 125 cm³/mol. The summed E-state index contributed by atoms with van der Waals surface area (Å²) in [5.41, 5.74) is 3.43. The standard InChI is InChI=1S/C23H17BrN4OS/c1-2-11-30-23-26-22-20(27-28-23)18-13-17(24)9-10-19(18)25-21(29-22)16-8-7-14-5-3-4-6-15(14)12-16/h2-10,12-13,21,25H,1,11H2. The smallest absolute Gasteiger partial charge is 0.247 e. The maximum atomic E-state index is 6.36. The Morgan fingerprint density at radius 3 is 2.80 bits per heavy atom. The molecule has 5 nitrogen and oxygen atoms in total. The van der Waals surface area contributed by atoms with Crippen LogP contribution in [0.1, 0.15) is 11.8 Å². The summed E-state index contributed by atoms with van der Waals surface area (Å²) < 4.78 is 7.30. The van der Waals surface area contributed by atoms with Gasteiger partial charge in [0, 0.05) is 27.0 Å². The Morgan fingerprint density at radius 2 is 1.93 bits per heavy atom. The van der Waals surface area contributed by atoms with E-state index in [1.165, 1.54) is 17.1 Å². The van der Waals surface area contributed by atoms with Crippen molar-refractivity contribution in [1.29, 1.82) is 0 Å². The number of nitrogens with one attached hydrogen (secondary N) is 1. The summed E-state index contributed by atoms with van der Waals surface area (Å²) in [7, 11) is 0. The van der Waals surface area contributed by atoms with Crippen molar-refractivity contribution in [3.8, 4) is 17.1 Å². The molecule has 1 N–H and O–H groups in total. The Hall–Kier alpha value is -2.90. The van der Waals surface area contributed by atoms with E-state index >= 15 is 0 Å². The van der Waals surface area contributed by atoms with Crippen LogP contribution in [0.25, 0.3) is 22.0 Å². The summed E-state index contributed by atoms with van der Waals surface area (Å²) in [6, 6.07) is 20.6. The van der Waals surface area contributed by atoms with Crippen LogP contribution in [0.3, 0.4) is 0 Å². The van der Waals surface area contributed by atoms with Gasteiger partial charge in [-0.2, -0.15) is 4.98 Å². The van der Waals surface area contributed by atoms with Gasteiger partial charge in [-0.15, -0.1) is 16.8 Å². The second kappa shape index (κ2) is 8.08. The van der Waals surface area contributed by atoms with Gasteiger partial charge in [-0.25, -0.2) is 0 Å². The molecular formula is C23H17BrN4OS. The fraction of sp³-hybridized carbons (Fsp3) is 0.0870. The Kier molecular flexibility index (Phi) is 5.14. The molecule has 1 aliphatic rings. The van der Waals surface area contributed by atoms with E-state index in [-0.39, 0.29) is 0 Å². The molecule has 4 aromatic rings. The largest absolute Gasteiger partial charge is 0.448 e. The van der Waals surface area contributed by atoms with E-state index in [4.69, 9.17) is 4.74 Å². The summed E-state index contributed by atoms with van der Waals surface area (Å²) in [5.74, 6) is 1.16. The third-order valence-electron chi connectivity index (χ3n) is 4.79. The lowest BCUT2D eigenvalue weighted by Gasteiger charge is -2.20. The van der Waals surface area contributed by atoms with E-state index < -0.39 is 6.23 Å². The van der Waals surface area contributed by atoms with E-state index in [1.54, 1.807) is 0 Å². The van der Waals surface area contributed by atoms with Gasteiger partial charge in [0.15, 0.2) is 11.9 Å². The van der Waals surface area contributed by atoms with E-state index in [9.17, 15) is 0 Å². The summed E-state index contributed by atoms with van der Waals surface area (Å²) in [5, 5.41) is 15.1. The first-order valence-electron chi connectivity index (χ1n) is 9.41. The van der Waals surface area contributed by atoms with Gasteiger partial charge in [-0.1, -0.05) is 70.2 Å². The number of hydrogen-bond acceptors (Lipinski definition) is 6. The number of halogens is 1. The first kappa shape index (κ1) is 19.1. The molecule has 2 heterocycles. The number of thioether (sulfide) groups is 1. The van der Waals surface area contributed by atoms with Gasteiger partial charge in [0.05, 0.1) is 0 Å². The number of ether oxygens (including phenoxy) is 1. The highest BCUT2D eigenvalue weighted by Gasteiger charge is 2.26. The second-order valence-electron chi connectivity index (χ2n) is 6.79. The van der Waals surface area contributed by atoms with Crippen molar-refractivity contribution < 1.29 is 4.74 Å². The van der Waals surface area contributed by atoms with Crippen LogP contribution in [0.2, 0.25) is 0 Å². The molecule has 30 heavy (non-hydrogen) atoms.